The largest absolute Gasteiger partial charge is 0.477 e. The van der Waals surface area contributed by atoms with Crippen LogP contribution in [0.25, 0.3) is 6.08 Å². The minimum Gasteiger partial charge on any atom is -0.477 e. The van der Waals surface area contributed by atoms with Gasteiger partial charge in [0.2, 0.25) is 0 Å². The lowest BCUT2D eigenvalue weighted by Gasteiger charge is -1.95. The van der Waals surface area contributed by atoms with Gasteiger partial charge in [-0.25, -0.2) is 4.79 Å². The molecular formula is C10H10O2S. The van der Waals surface area contributed by atoms with Gasteiger partial charge in [-0.15, -0.1) is 12.6 Å². The van der Waals surface area contributed by atoms with E-state index in [1.165, 1.54) is 6.08 Å². The summed E-state index contributed by atoms with van der Waals surface area (Å²) in [6.45, 7) is 1.98. The van der Waals surface area contributed by atoms with Crippen LogP contribution in [0.3, 0.4) is 0 Å². The van der Waals surface area contributed by atoms with Gasteiger partial charge in [-0.2, -0.15) is 0 Å². The van der Waals surface area contributed by atoms with E-state index in [-0.39, 0.29) is 4.91 Å². The maximum atomic E-state index is 10.4. The molecule has 3 heteroatoms. The van der Waals surface area contributed by atoms with Gasteiger partial charge in [-0.05, 0) is 18.6 Å². The van der Waals surface area contributed by atoms with E-state index in [1.807, 2.05) is 31.2 Å². The number of rotatable bonds is 2. The maximum absolute atomic E-state index is 10.4. The minimum atomic E-state index is -1.01. The number of hydrogen-bond acceptors (Lipinski definition) is 2. The van der Waals surface area contributed by atoms with Gasteiger partial charge in [-0.3, -0.25) is 0 Å². The average Bonchev–Trinajstić information content (AvgIpc) is 2.08. The van der Waals surface area contributed by atoms with Crippen molar-refractivity contribution in [3.05, 3.63) is 40.3 Å². The Morgan fingerprint density at radius 1 is 1.38 bits per heavy atom. The fourth-order valence-electron chi connectivity index (χ4n) is 0.882. The Labute approximate surface area is 82.3 Å². The molecule has 0 heterocycles. The fourth-order valence-corrected chi connectivity index (χ4v) is 1.03. The number of aliphatic carboxylic acids is 1. The highest BCUT2D eigenvalue weighted by atomic mass is 32.1. The topological polar surface area (TPSA) is 37.3 Å². The molecule has 0 atom stereocenters. The number of carboxylic acid groups (broad SMARTS) is 1. The Bertz CT molecular complexity index is 338. The molecule has 0 saturated heterocycles. The monoisotopic (exact) mass is 194 g/mol. The molecule has 0 radical (unpaired) electrons. The van der Waals surface area contributed by atoms with Crippen molar-refractivity contribution in [2.45, 2.75) is 6.92 Å². The van der Waals surface area contributed by atoms with Crippen molar-refractivity contribution in [1.82, 2.24) is 0 Å². The molecule has 68 valence electrons. The molecule has 0 fully saturated rings. The van der Waals surface area contributed by atoms with E-state index in [2.05, 4.69) is 12.6 Å². The predicted molar refractivity (Wildman–Crippen MR) is 55.8 cm³/mol. The van der Waals surface area contributed by atoms with Gasteiger partial charge in [0, 0.05) is 0 Å². The quantitative estimate of drug-likeness (QED) is 0.560. The summed E-state index contributed by atoms with van der Waals surface area (Å²) in [7, 11) is 0. The van der Waals surface area contributed by atoms with E-state index in [0.717, 1.165) is 11.1 Å². The normalized spacial score (nSPS) is 11.4. The number of aryl methyl sites for hydroxylation is 1. The zero-order valence-corrected chi connectivity index (χ0v) is 8.08. The Hall–Kier alpha value is -1.22. The molecule has 0 bridgehead atoms. The summed E-state index contributed by atoms with van der Waals surface area (Å²) in [5, 5.41) is 8.55. The molecule has 1 aromatic rings. The SMILES string of the molecule is Cc1ccc(/C=C(\S)C(=O)O)cc1. The van der Waals surface area contributed by atoms with Crippen LogP contribution in [0.15, 0.2) is 29.2 Å². The lowest BCUT2D eigenvalue weighted by atomic mass is 10.1. The molecule has 0 aliphatic heterocycles. The smallest absolute Gasteiger partial charge is 0.341 e. The van der Waals surface area contributed by atoms with E-state index in [4.69, 9.17) is 5.11 Å². The highest BCUT2D eigenvalue weighted by Crippen LogP contribution is 2.10. The van der Waals surface area contributed by atoms with Crippen molar-refractivity contribution in [3.63, 3.8) is 0 Å². The summed E-state index contributed by atoms with van der Waals surface area (Å²) in [6, 6.07) is 7.56. The first kappa shape index (κ1) is 9.86. The van der Waals surface area contributed by atoms with Gasteiger partial charge in [-0.1, -0.05) is 29.8 Å². The molecule has 0 amide bonds. The summed E-state index contributed by atoms with van der Waals surface area (Å²) >= 11 is 3.82. The molecule has 0 aliphatic rings. The second-order valence-corrected chi connectivity index (χ2v) is 3.23. The summed E-state index contributed by atoms with van der Waals surface area (Å²) in [6.07, 6.45) is 1.52. The van der Waals surface area contributed by atoms with Crippen LogP contribution in [0.5, 0.6) is 0 Å². The van der Waals surface area contributed by atoms with Crippen molar-refractivity contribution >= 4 is 24.7 Å². The van der Waals surface area contributed by atoms with Crippen LogP contribution < -0.4 is 0 Å². The van der Waals surface area contributed by atoms with E-state index in [1.54, 1.807) is 0 Å². The van der Waals surface area contributed by atoms with Crippen LogP contribution >= 0.6 is 12.6 Å². The Balaban J connectivity index is 2.92. The molecule has 13 heavy (non-hydrogen) atoms. The number of hydrogen-bond donors (Lipinski definition) is 2. The van der Waals surface area contributed by atoms with Gasteiger partial charge in [0.1, 0.15) is 0 Å². The molecule has 1 rings (SSSR count). The lowest BCUT2D eigenvalue weighted by molar-refractivity contribution is -0.131. The molecular weight excluding hydrogens is 184 g/mol. The summed E-state index contributed by atoms with van der Waals surface area (Å²) < 4.78 is 0. The van der Waals surface area contributed by atoms with E-state index >= 15 is 0 Å². The zero-order valence-electron chi connectivity index (χ0n) is 7.19. The first-order chi connectivity index (χ1) is 6.09. The summed E-state index contributed by atoms with van der Waals surface area (Å²) in [5.74, 6) is -1.01. The number of carboxylic acids is 1. The first-order valence-electron chi connectivity index (χ1n) is 3.80. The standard InChI is InChI=1S/C10H10O2S/c1-7-2-4-8(5-3-7)6-9(13)10(11)12/h2-6,13H,1H3,(H,11,12)/b9-6-. The highest BCUT2D eigenvalue weighted by molar-refractivity contribution is 7.85. The second-order valence-electron chi connectivity index (χ2n) is 2.75. The van der Waals surface area contributed by atoms with Crippen LogP contribution in [0, 0.1) is 6.92 Å². The molecule has 1 aromatic carbocycles. The molecule has 0 aliphatic carbocycles. The van der Waals surface area contributed by atoms with Crippen LogP contribution in [-0.2, 0) is 4.79 Å². The van der Waals surface area contributed by atoms with Crippen molar-refractivity contribution in [1.29, 1.82) is 0 Å². The molecule has 1 N–H and O–H groups in total. The molecule has 0 unspecified atom stereocenters. The Morgan fingerprint density at radius 3 is 2.38 bits per heavy atom. The predicted octanol–water partition coefficient (Wildman–Crippen LogP) is 2.35. The van der Waals surface area contributed by atoms with Crippen molar-refractivity contribution in [2.75, 3.05) is 0 Å². The maximum Gasteiger partial charge on any atom is 0.341 e. The average molecular weight is 194 g/mol. The van der Waals surface area contributed by atoms with Crippen molar-refractivity contribution in [2.24, 2.45) is 0 Å². The van der Waals surface area contributed by atoms with Crippen molar-refractivity contribution < 1.29 is 9.90 Å². The Kier molecular flexibility index (Phi) is 3.14. The Morgan fingerprint density at radius 2 is 1.92 bits per heavy atom. The summed E-state index contributed by atoms with van der Waals surface area (Å²) in [5.41, 5.74) is 1.99. The molecule has 0 saturated carbocycles. The van der Waals surface area contributed by atoms with Gasteiger partial charge in [0.05, 0.1) is 4.91 Å². The highest BCUT2D eigenvalue weighted by Gasteiger charge is 1.99. The fraction of sp³-hybridized carbons (Fsp3) is 0.100. The molecule has 2 nitrogen and oxygen atoms in total. The lowest BCUT2D eigenvalue weighted by Crippen LogP contribution is -1.93. The van der Waals surface area contributed by atoms with E-state index < -0.39 is 5.97 Å². The minimum absolute atomic E-state index is 0.0452. The number of carbonyl (C=O) groups is 1. The third kappa shape index (κ3) is 2.95. The summed E-state index contributed by atoms with van der Waals surface area (Å²) in [4.78, 5) is 10.5. The number of thiol groups is 1. The number of benzene rings is 1. The van der Waals surface area contributed by atoms with Gasteiger partial charge >= 0.3 is 5.97 Å². The third-order valence-electron chi connectivity index (χ3n) is 1.60. The van der Waals surface area contributed by atoms with Crippen LogP contribution in [0.4, 0.5) is 0 Å². The second kappa shape index (κ2) is 4.14. The van der Waals surface area contributed by atoms with E-state index in [0.29, 0.717) is 0 Å². The van der Waals surface area contributed by atoms with Gasteiger partial charge in [0.15, 0.2) is 0 Å². The van der Waals surface area contributed by atoms with Crippen LogP contribution in [-0.4, -0.2) is 11.1 Å². The zero-order chi connectivity index (χ0) is 9.84. The van der Waals surface area contributed by atoms with Gasteiger partial charge in [0.25, 0.3) is 0 Å². The van der Waals surface area contributed by atoms with Crippen LogP contribution in [0.1, 0.15) is 11.1 Å². The molecule has 0 aromatic heterocycles. The third-order valence-corrected chi connectivity index (χ3v) is 1.92. The van der Waals surface area contributed by atoms with E-state index in [9.17, 15) is 4.79 Å². The molecule has 0 spiro atoms. The van der Waals surface area contributed by atoms with Crippen molar-refractivity contribution in [3.8, 4) is 0 Å². The van der Waals surface area contributed by atoms with Crippen LogP contribution in [0.2, 0.25) is 0 Å². The first-order valence-corrected chi connectivity index (χ1v) is 4.25. The van der Waals surface area contributed by atoms with Gasteiger partial charge < -0.3 is 5.11 Å².